The van der Waals surface area contributed by atoms with Crippen LogP contribution in [0.25, 0.3) is 6.08 Å². The van der Waals surface area contributed by atoms with Gasteiger partial charge in [-0.05, 0) is 18.1 Å². The molecule has 0 aromatic heterocycles. The first-order valence-corrected chi connectivity index (χ1v) is 4.21. The Kier molecular flexibility index (Phi) is 1.96. The average molecular weight is 160 g/mol. The minimum Gasteiger partial charge on any atom is -0.368 e. The molecule has 0 unspecified atom stereocenters. The van der Waals surface area contributed by atoms with Crippen molar-refractivity contribution in [1.82, 2.24) is 0 Å². The third-order valence-corrected chi connectivity index (χ3v) is 2.04. The molecule has 1 saturated heterocycles. The van der Waals surface area contributed by atoms with Crippen LogP contribution in [0.3, 0.4) is 0 Å². The summed E-state index contributed by atoms with van der Waals surface area (Å²) >= 11 is 0. The maximum absolute atomic E-state index is 5.17. The molecule has 0 radical (unpaired) electrons. The van der Waals surface area contributed by atoms with E-state index in [1.54, 1.807) is 0 Å². The van der Waals surface area contributed by atoms with Crippen molar-refractivity contribution < 1.29 is 4.74 Å². The maximum atomic E-state index is 5.17. The molecule has 0 bridgehead atoms. The first-order valence-electron chi connectivity index (χ1n) is 4.21. The number of rotatable bonds is 2. The zero-order chi connectivity index (χ0) is 8.39. The fourth-order valence-corrected chi connectivity index (χ4v) is 1.22. The van der Waals surface area contributed by atoms with E-state index in [0.717, 1.165) is 6.61 Å². The second-order valence-corrected chi connectivity index (χ2v) is 3.12. The van der Waals surface area contributed by atoms with Crippen molar-refractivity contribution in [2.45, 2.75) is 13.0 Å². The lowest BCUT2D eigenvalue weighted by Crippen LogP contribution is -1.85. The highest BCUT2D eigenvalue weighted by Crippen LogP contribution is 2.20. The largest absolute Gasteiger partial charge is 0.368 e. The van der Waals surface area contributed by atoms with Crippen molar-refractivity contribution in [2.75, 3.05) is 6.61 Å². The molecule has 1 aromatic rings. The van der Waals surface area contributed by atoms with Crippen molar-refractivity contribution in [2.24, 2.45) is 0 Å². The van der Waals surface area contributed by atoms with Crippen LogP contribution in [0.2, 0.25) is 0 Å². The molecule has 0 N–H and O–H groups in total. The molecule has 12 heavy (non-hydrogen) atoms. The summed E-state index contributed by atoms with van der Waals surface area (Å²) < 4.78 is 5.17. The molecule has 1 heterocycles. The van der Waals surface area contributed by atoms with Crippen molar-refractivity contribution in [3.8, 4) is 0 Å². The second-order valence-electron chi connectivity index (χ2n) is 3.12. The molecule has 1 aromatic carbocycles. The highest BCUT2D eigenvalue weighted by Gasteiger charge is 2.23. The molecule has 0 aliphatic carbocycles. The molecule has 1 heteroatoms. The van der Waals surface area contributed by atoms with E-state index in [1.165, 1.54) is 11.1 Å². The lowest BCUT2D eigenvalue weighted by molar-refractivity contribution is 0.432. The summed E-state index contributed by atoms with van der Waals surface area (Å²) in [4.78, 5) is 0. The Balaban J connectivity index is 2.15. The minimum absolute atomic E-state index is 0.394. The van der Waals surface area contributed by atoms with Gasteiger partial charge in [0.2, 0.25) is 0 Å². The lowest BCUT2D eigenvalue weighted by atomic mass is 10.1. The number of epoxide rings is 1. The topological polar surface area (TPSA) is 12.5 Å². The Morgan fingerprint density at radius 1 is 1.42 bits per heavy atom. The predicted octanol–water partition coefficient (Wildman–Crippen LogP) is 2.49. The van der Waals surface area contributed by atoms with Crippen LogP contribution < -0.4 is 0 Å². The van der Waals surface area contributed by atoms with Gasteiger partial charge in [-0.15, -0.1) is 0 Å². The Morgan fingerprint density at radius 3 is 2.67 bits per heavy atom. The number of hydrogen-bond acceptors (Lipinski definition) is 1. The molecule has 1 nitrogen and oxygen atoms in total. The van der Waals surface area contributed by atoms with Crippen LogP contribution in [0.1, 0.15) is 12.5 Å². The highest BCUT2D eigenvalue weighted by molar-refractivity contribution is 5.53. The summed E-state index contributed by atoms with van der Waals surface area (Å²) in [5.41, 5.74) is 2.58. The molecule has 1 aliphatic heterocycles. The Bertz CT molecular complexity index is 283. The SMILES string of the molecule is C/C(=C\c1ccccc1)[C@@H]1CO1. The van der Waals surface area contributed by atoms with Crippen molar-refractivity contribution in [1.29, 1.82) is 0 Å². The van der Waals surface area contributed by atoms with Crippen LogP contribution in [-0.4, -0.2) is 12.7 Å². The van der Waals surface area contributed by atoms with Gasteiger partial charge in [-0.3, -0.25) is 0 Å². The fraction of sp³-hybridized carbons (Fsp3) is 0.273. The Labute approximate surface area is 72.7 Å². The highest BCUT2D eigenvalue weighted by atomic mass is 16.6. The van der Waals surface area contributed by atoms with E-state index in [0.29, 0.717) is 6.10 Å². The molecule has 1 aliphatic rings. The fourth-order valence-electron chi connectivity index (χ4n) is 1.22. The molecular formula is C11H12O. The third-order valence-electron chi connectivity index (χ3n) is 2.04. The maximum Gasteiger partial charge on any atom is 0.102 e. The normalized spacial score (nSPS) is 22.4. The summed E-state index contributed by atoms with van der Waals surface area (Å²) in [5, 5.41) is 0. The zero-order valence-corrected chi connectivity index (χ0v) is 7.16. The minimum atomic E-state index is 0.394. The van der Waals surface area contributed by atoms with Crippen LogP contribution >= 0.6 is 0 Å². The molecule has 1 atom stereocenters. The van der Waals surface area contributed by atoms with Gasteiger partial charge in [-0.25, -0.2) is 0 Å². The Hall–Kier alpha value is -1.08. The van der Waals surface area contributed by atoms with Gasteiger partial charge in [-0.1, -0.05) is 36.4 Å². The predicted molar refractivity (Wildman–Crippen MR) is 49.8 cm³/mol. The molecule has 0 spiro atoms. The van der Waals surface area contributed by atoms with E-state index in [9.17, 15) is 0 Å². The van der Waals surface area contributed by atoms with E-state index in [1.807, 2.05) is 18.2 Å². The van der Waals surface area contributed by atoms with Gasteiger partial charge in [0.1, 0.15) is 6.10 Å². The third kappa shape index (κ3) is 1.74. The van der Waals surface area contributed by atoms with Crippen LogP contribution in [-0.2, 0) is 4.74 Å². The van der Waals surface area contributed by atoms with Gasteiger partial charge in [0.05, 0.1) is 6.61 Å². The first-order chi connectivity index (χ1) is 5.86. The summed E-state index contributed by atoms with van der Waals surface area (Å²) in [6, 6.07) is 10.3. The summed E-state index contributed by atoms with van der Waals surface area (Å²) in [7, 11) is 0. The van der Waals surface area contributed by atoms with Crippen molar-refractivity contribution in [3.05, 3.63) is 41.5 Å². The lowest BCUT2D eigenvalue weighted by Gasteiger charge is -1.95. The smallest absolute Gasteiger partial charge is 0.102 e. The first kappa shape index (κ1) is 7.56. The van der Waals surface area contributed by atoms with Gasteiger partial charge in [-0.2, -0.15) is 0 Å². The van der Waals surface area contributed by atoms with Gasteiger partial charge >= 0.3 is 0 Å². The van der Waals surface area contributed by atoms with E-state index < -0.39 is 0 Å². The molecule has 0 amide bonds. The molecule has 2 rings (SSSR count). The molecular weight excluding hydrogens is 148 g/mol. The van der Waals surface area contributed by atoms with E-state index in [2.05, 4.69) is 25.1 Å². The quantitative estimate of drug-likeness (QED) is 0.605. The summed E-state index contributed by atoms with van der Waals surface area (Å²) in [6.45, 7) is 3.01. The number of hydrogen-bond donors (Lipinski definition) is 0. The second kappa shape index (κ2) is 3.11. The Morgan fingerprint density at radius 2 is 2.08 bits per heavy atom. The van der Waals surface area contributed by atoms with Gasteiger partial charge < -0.3 is 4.74 Å². The molecule has 1 fully saturated rings. The van der Waals surface area contributed by atoms with Gasteiger partial charge in [0.25, 0.3) is 0 Å². The number of benzene rings is 1. The summed E-state index contributed by atoms with van der Waals surface area (Å²) in [6.07, 6.45) is 2.57. The van der Waals surface area contributed by atoms with E-state index in [4.69, 9.17) is 4.74 Å². The van der Waals surface area contributed by atoms with Crippen LogP contribution in [0, 0.1) is 0 Å². The van der Waals surface area contributed by atoms with Gasteiger partial charge in [0, 0.05) is 0 Å². The van der Waals surface area contributed by atoms with E-state index >= 15 is 0 Å². The molecule has 0 saturated carbocycles. The monoisotopic (exact) mass is 160 g/mol. The van der Waals surface area contributed by atoms with Gasteiger partial charge in [0.15, 0.2) is 0 Å². The van der Waals surface area contributed by atoms with Crippen LogP contribution in [0.15, 0.2) is 35.9 Å². The average Bonchev–Trinajstić information content (AvgIpc) is 2.88. The van der Waals surface area contributed by atoms with Crippen molar-refractivity contribution >= 4 is 6.08 Å². The van der Waals surface area contributed by atoms with E-state index in [-0.39, 0.29) is 0 Å². The summed E-state index contributed by atoms with van der Waals surface area (Å²) in [5.74, 6) is 0. The van der Waals surface area contributed by atoms with Crippen LogP contribution in [0.4, 0.5) is 0 Å². The molecule has 62 valence electrons. The van der Waals surface area contributed by atoms with Crippen molar-refractivity contribution in [3.63, 3.8) is 0 Å². The zero-order valence-electron chi connectivity index (χ0n) is 7.16. The standard InChI is InChI=1S/C11H12O/c1-9(11-8-12-11)7-10-5-3-2-4-6-10/h2-7,11H,8H2,1H3/b9-7+/t11-/m0/s1. The number of ether oxygens (including phenoxy) is 1. The van der Waals surface area contributed by atoms with Crippen LogP contribution in [0.5, 0.6) is 0 Å².